The summed E-state index contributed by atoms with van der Waals surface area (Å²) >= 11 is 3.38. The minimum atomic E-state index is 0.735. The van der Waals surface area contributed by atoms with Crippen LogP contribution < -0.4 is 0 Å². The monoisotopic (exact) mass is 234 g/mol. The maximum absolute atomic E-state index is 10.7. The Bertz CT molecular complexity index is 463. The quantitative estimate of drug-likeness (QED) is 0.692. The molecule has 2 rings (SSSR count). The molecule has 0 spiro atoms. The molecule has 13 heavy (non-hydrogen) atoms. The third kappa shape index (κ3) is 1.49. The van der Waals surface area contributed by atoms with Crippen LogP contribution in [0, 0.1) is 0 Å². The molecule has 0 unspecified atom stereocenters. The smallest absolute Gasteiger partial charge is 0.150 e. The zero-order valence-electron chi connectivity index (χ0n) is 6.83. The maximum atomic E-state index is 10.7. The van der Waals surface area contributed by atoms with Crippen molar-refractivity contribution in [3.8, 4) is 0 Å². The zero-order chi connectivity index (χ0) is 9.26. The normalized spacial score (nSPS) is 10.2. The highest BCUT2D eigenvalue weighted by Gasteiger charge is 1.99. The van der Waals surface area contributed by atoms with Crippen molar-refractivity contribution in [2.24, 2.45) is 0 Å². The van der Waals surface area contributed by atoms with E-state index in [9.17, 15) is 4.79 Å². The van der Waals surface area contributed by atoms with Gasteiger partial charge in [-0.25, -0.2) is 0 Å². The molecule has 0 amide bonds. The van der Waals surface area contributed by atoms with Crippen LogP contribution in [-0.2, 0) is 0 Å². The standard InChI is InChI=1S/C11H7BrO/c12-10-5-4-8-2-1-3-9(7-13)11(8)6-10/h1-7H. The van der Waals surface area contributed by atoms with Gasteiger partial charge < -0.3 is 0 Å². The molecule has 2 aromatic rings. The lowest BCUT2D eigenvalue weighted by molar-refractivity contribution is 0.112. The zero-order valence-corrected chi connectivity index (χ0v) is 8.41. The van der Waals surface area contributed by atoms with E-state index < -0.39 is 0 Å². The molecular weight excluding hydrogens is 228 g/mol. The van der Waals surface area contributed by atoms with Gasteiger partial charge in [0.05, 0.1) is 0 Å². The molecule has 0 aromatic heterocycles. The van der Waals surface area contributed by atoms with Gasteiger partial charge in [-0.2, -0.15) is 0 Å². The van der Waals surface area contributed by atoms with Gasteiger partial charge in [0.2, 0.25) is 0 Å². The van der Waals surface area contributed by atoms with Gasteiger partial charge in [-0.05, 0) is 22.9 Å². The van der Waals surface area contributed by atoms with Gasteiger partial charge in [-0.1, -0.05) is 40.2 Å². The molecule has 0 heterocycles. The van der Waals surface area contributed by atoms with Crippen molar-refractivity contribution >= 4 is 33.0 Å². The highest BCUT2D eigenvalue weighted by Crippen LogP contribution is 2.21. The summed E-state index contributed by atoms with van der Waals surface area (Å²) in [5.74, 6) is 0. The van der Waals surface area contributed by atoms with Gasteiger partial charge in [0.1, 0.15) is 0 Å². The molecule has 0 saturated carbocycles. The van der Waals surface area contributed by atoms with Crippen LogP contribution in [0.1, 0.15) is 10.4 Å². The van der Waals surface area contributed by atoms with Crippen LogP contribution in [0.2, 0.25) is 0 Å². The molecule has 0 N–H and O–H groups in total. The van der Waals surface area contributed by atoms with E-state index in [1.54, 1.807) is 0 Å². The number of hydrogen-bond donors (Lipinski definition) is 0. The summed E-state index contributed by atoms with van der Waals surface area (Å²) in [5, 5.41) is 2.08. The van der Waals surface area contributed by atoms with Gasteiger partial charge in [0.25, 0.3) is 0 Å². The summed E-state index contributed by atoms with van der Waals surface area (Å²) in [6.07, 6.45) is 0.884. The van der Waals surface area contributed by atoms with Crippen molar-refractivity contribution in [3.63, 3.8) is 0 Å². The maximum Gasteiger partial charge on any atom is 0.150 e. The van der Waals surface area contributed by atoms with Crippen LogP contribution in [0.15, 0.2) is 40.9 Å². The number of hydrogen-bond acceptors (Lipinski definition) is 1. The third-order valence-electron chi connectivity index (χ3n) is 2.00. The van der Waals surface area contributed by atoms with Crippen LogP contribution in [0.5, 0.6) is 0 Å². The van der Waals surface area contributed by atoms with Gasteiger partial charge >= 0.3 is 0 Å². The lowest BCUT2D eigenvalue weighted by atomic mass is 10.1. The molecule has 0 atom stereocenters. The molecule has 1 nitrogen and oxygen atoms in total. The van der Waals surface area contributed by atoms with Crippen LogP contribution in [0.3, 0.4) is 0 Å². The van der Waals surface area contributed by atoms with E-state index in [4.69, 9.17) is 0 Å². The Morgan fingerprint density at radius 2 is 2.00 bits per heavy atom. The van der Waals surface area contributed by atoms with E-state index >= 15 is 0 Å². The highest BCUT2D eigenvalue weighted by atomic mass is 79.9. The van der Waals surface area contributed by atoms with Crippen molar-refractivity contribution in [2.75, 3.05) is 0 Å². The molecule has 0 bridgehead atoms. The summed E-state index contributed by atoms with van der Waals surface area (Å²) in [5.41, 5.74) is 0.735. The third-order valence-corrected chi connectivity index (χ3v) is 2.50. The fourth-order valence-corrected chi connectivity index (χ4v) is 1.73. The van der Waals surface area contributed by atoms with Gasteiger partial charge in [-0.3, -0.25) is 4.79 Å². The van der Waals surface area contributed by atoms with Crippen molar-refractivity contribution in [3.05, 3.63) is 46.4 Å². The van der Waals surface area contributed by atoms with Crippen molar-refractivity contribution < 1.29 is 4.79 Å². The first-order valence-electron chi connectivity index (χ1n) is 3.95. The van der Waals surface area contributed by atoms with Crippen molar-refractivity contribution in [2.45, 2.75) is 0 Å². The minimum absolute atomic E-state index is 0.735. The summed E-state index contributed by atoms with van der Waals surface area (Å²) < 4.78 is 0.995. The molecule has 0 fully saturated rings. The average molecular weight is 235 g/mol. The molecule has 64 valence electrons. The van der Waals surface area contributed by atoms with Crippen molar-refractivity contribution in [1.82, 2.24) is 0 Å². The number of rotatable bonds is 1. The molecule has 0 aliphatic heterocycles. The second-order valence-electron chi connectivity index (χ2n) is 2.83. The molecule has 0 aliphatic rings. The van der Waals surface area contributed by atoms with E-state index in [0.29, 0.717) is 0 Å². The number of benzene rings is 2. The van der Waals surface area contributed by atoms with E-state index in [-0.39, 0.29) is 0 Å². The fraction of sp³-hybridized carbons (Fsp3) is 0. The summed E-state index contributed by atoms with van der Waals surface area (Å²) in [6, 6.07) is 11.6. The number of fused-ring (bicyclic) bond motifs is 1. The summed E-state index contributed by atoms with van der Waals surface area (Å²) in [6.45, 7) is 0. The Morgan fingerprint density at radius 1 is 1.15 bits per heavy atom. The molecular formula is C11H7BrO. The Kier molecular flexibility index (Phi) is 2.15. The Balaban J connectivity index is 2.86. The van der Waals surface area contributed by atoms with Gasteiger partial charge in [0.15, 0.2) is 6.29 Å². The fourth-order valence-electron chi connectivity index (χ4n) is 1.37. The average Bonchev–Trinajstić information content (AvgIpc) is 2.17. The van der Waals surface area contributed by atoms with E-state index in [0.717, 1.165) is 27.1 Å². The highest BCUT2D eigenvalue weighted by molar-refractivity contribution is 9.10. The Morgan fingerprint density at radius 3 is 2.77 bits per heavy atom. The van der Waals surface area contributed by atoms with E-state index in [1.165, 1.54) is 0 Å². The Labute approximate surface area is 84.5 Å². The van der Waals surface area contributed by atoms with Crippen LogP contribution in [-0.4, -0.2) is 6.29 Å². The second kappa shape index (κ2) is 3.30. The molecule has 2 heteroatoms. The van der Waals surface area contributed by atoms with Crippen LogP contribution in [0.25, 0.3) is 10.8 Å². The summed E-state index contributed by atoms with van der Waals surface area (Å²) in [7, 11) is 0. The molecule has 2 aromatic carbocycles. The van der Waals surface area contributed by atoms with E-state index in [2.05, 4.69) is 15.9 Å². The minimum Gasteiger partial charge on any atom is -0.298 e. The van der Waals surface area contributed by atoms with Crippen molar-refractivity contribution in [1.29, 1.82) is 0 Å². The predicted octanol–water partition coefficient (Wildman–Crippen LogP) is 3.41. The van der Waals surface area contributed by atoms with Gasteiger partial charge in [0, 0.05) is 10.0 Å². The molecule has 0 aliphatic carbocycles. The topological polar surface area (TPSA) is 17.1 Å². The first kappa shape index (κ1) is 8.45. The first-order chi connectivity index (χ1) is 6.31. The van der Waals surface area contributed by atoms with Gasteiger partial charge in [-0.15, -0.1) is 0 Å². The molecule has 0 radical (unpaired) electrons. The number of aldehydes is 1. The second-order valence-corrected chi connectivity index (χ2v) is 3.75. The number of halogens is 1. The van der Waals surface area contributed by atoms with E-state index in [1.807, 2.05) is 36.4 Å². The SMILES string of the molecule is O=Cc1cccc2ccc(Br)cc12. The predicted molar refractivity (Wildman–Crippen MR) is 57.0 cm³/mol. The van der Waals surface area contributed by atoms with Crippen LogP contribution >= 0.6 is 15.9 Å². The lowest BCUT2D eigenvalue weighted by Gasteiger charge is -2.00. The van der Waals surface area contributed by atoms with Crippen LogP contribution in [0.4, 0.5) is 0 Å². The first-order valence-corrected chi connectivity index (χ1v) is 4.74. The summed E-state index contributed by atoms with van der Waals surface area (Å²) in [4.78, 5) is 10.7. The molecule has 0 saturated heterocycles. The Hall–Kier alpha value is -1.15. The number of carbonyl (C=O) groups is 1. The largest absolute Gasteiger partial charge is 0.298 e. The number of carbonyl (C=O) groups excluding carboxylic acids is 1. The lowest BCUT2D eigenvalue weighted by Crippen LogP contribution is -1.82.